The van der Waals surface area contributed by atoms with E-state index in [1.165, 1.54) is 49.2 Å². The summed E-state index contributed by atoms with van der Waals surface area (Å²) in [7, 11) is 0. The largest absolute Gasteiger partial charge is 0.368 e. The van der Waals surface area contributed by atoms with Gasteiger partial charge in [0.15, 0.2) is 0 Å². The van der Waals surface area contributed by atoms with Crippen molar-refractivity contribution in [3.63, 3.8) is 0 Å². The first kappa shape index (κ1) is 17.9. The first-order chi connectivity index (χ1) is 13.8. The fourth-order valence-electron chi connectivity index (χ4n) is 4.77. The normalized spacial score (nSPS) is 19.8. The molecule has 0 saturated carbocycles. The molecule has 0 unspecified atom stereocenters. The molecule has 2 fully saturated rings. The lowest BCUT2D eigenvalue weighted by Crippen LogP contribution is -2.48. The van der Waals surface area contributed by atoms with Crippen LogP contribution in [0.5, 0.6) is 0 Å². The topological polar surface area (TPSA) is 70.3 Å². The molecule has 148 valence electrons. The molecule has 0 bridgehead atoms. The molecule has 0 spiro atoms. The first-order valence-electron chi connectivity index (χ1n) is 10.7. The first-order valence-corrected chi connectivity index (χ1v) is 10.7. The summed E-state index contributed by atoms with van der Waals surface area (Å²) in [6, 6.07) is 8.56. The Bertz CT molecular complexity index is 839. The quantitative estimate of drug-likeness (QED) is 0.829. The van der Waals surface area contributed by atoms with Crippen LogP contribution in [0.2, 0.25) is 0 Å². The lowest BCUT2D eigenvalue weighted by molar-refractivity contribution is 0.234. The maximum atomic E-state index is 6.12. The number of aromatic nitrogens is 2. The van der Waals surface area contributed by atoms with Crippen LogP contribution in [0.25, 0.3) is 11.3 Å². The van der Waals surface area contributed by atoms with Crippen LogP contribution in [0.1, 0.15) is 24.0 Å². The number of piperazine rings is 1. The van der Waals surface area contributed by atoms with Gasteiger partial charge in [-0.1, -0.05) is 24.3 Å². The lowest BCUT2D eigenvalue weighted by atomic mass is 9.89. The fourth-order valence-corrected chi connectivity index (χ4v) is 4.77. The molecule has 2 saturated heterocycles. The van der Waals surface area contributed by atoms with Crippen LogP contribution in [0, 0.1) is 5.92 Å². The lowest BCUT2D eigenvalue weighted by Gasteiger charge is -2.37. The SMILES string of the molecule is Nc1nc2c(c(N3CCN(CCCC4CNC4)CC3)n1)CCc1ccccc1-2. The summed E-state index contributed by atoms with van der Waals surface area (Å²) in [5, 5.41) is 3.37. The van der Waals surface area contributed by atoms with Gasteiger partial charge in [-0.05, 0) is 56.8 Å². The zero-order chi connectivity index (χ0) is 18.9. The number of rotatable bonds is 5. The van der Waals surface area contributed by atoms with Gasteiger partial charge in [-0.2, -0.15) is 4.98 Å². The third-order valence-electron chi connectivity index (χ3n) is 6.54. The number of fused-ring (bicyclic) bond motifs is 3. The van der Waals surface area contributed by atoms with Crippen LogP contribution in [0.4, 0.5) is 11.8 Å². The van der Waals surface area contributed by atoms with Crippen LogP contribution in [0.3, 0.4) is 0 Å². The van der Waals surface area contributed by atoms with Gasteiger partial charge in [0.2, 0.25) is 5.95 Å². The predicted octanol–water partition coefficient (Wildman–Crippen LogP) is 1.95. The second-order valence-corrected chi connectivity index (χ2v) is 8.38. The molecule has 28 heavy (non-hydrogen) atoms. The van der Waals surface area contributed by atoms with E-state index in [9.17, 15) is 0 Å². The van der Waals surface area contributed by atoms with E-state index < -0.39 is 0 Å². The van der Waals surface area contributed by atoms with Crippen LogP contribution in [-0.4, -0.2) is 60.7 Å². The summed E-state index contributed by atoms with van der Waals surface area (Å²) in [6.45, 7) is 7.93. The van der Waals surface area contributed by atoms with E-state index in [1.807, 2.05) is 0 Å². The second kappa shape index (κ2) is 7.68. The summed E-state index contributed by atoms with van der Waals surface area (Å²) < 4.78 is 0. The Morgan fingerprint density at radius 1 is 1.04 bits per heavy atom. The van der Waals surface area contributed by atoms with Gasteiger partial charge in [0.25, 0.3) is 0 Å². The summed E-state index contributed by atoms with van der Waals surface area (Å²) in [6.07, 6.45) is 4.73. The van der Waals surface area contributed by atoms with Crippen molar-refractivity contribution in [2.24, 2.45) is 5.92 Å². The van der Waals surface area contributed by atoms with Gasteiger partial charge >= 0.3 is 0 Å². The van der Waals surface area contributed by atoms with Crippen molar-refractivity contribution in [3.05, 3.63) is 35.4 Å². The molecule has 6 nitrogen and oxygen atoms in total. The summed E-state index contributed by atoms with van der Waals surface area (Å²) in [5.41, 5.74) is 11.0. The minimum atomic E-state index is 0.391. The molecule has 1 aromatic heterocycles. The number of nitrogens with two attached hydrogens (primary N) is 1. The second-order valence-electron chi connectivity index (χ2n) is 8.38. The van der Waals surface area contributed by atoms with Crippen LogP contribution < -0.4 is 16.0 Å². The number of nitrogens with one attached hydrogen (secondary N) is 1. The van der Waals surface area contributed by atoms with Crippen molar-refractivity contribution in [2.75, 3.05) is 56.4 Å². The predicted molar refractivity (Wildman–Crippen MR) is 114 cm³/mol. The minimum absolute atomic E-state index is 0.391. The molecule has 0 amide bonds. The van der Waals surface area contributed by atoms with Crippen LogP contribution in [-0.2, 0) is 12.8 Å². The van der Waals surface area contributed by atoms with Crippen molar-refractivity contribution >= 4 is 11.8 Å². The molecule has 0 radical (unpaired) electrons. The van der Waals surface area contributed by atoms with E-state index in [1.54, 1.807) is 0 Å². The molecule has 6 heteroatoms. The standard InChI is InChI=1S/C22H30N6/c23-22-25-20-18-6-2-1-5-17(18)7-8-19(20)21(26-22)28-12-10-27(11-13-28)9-3-4-16-14-24-15-16/h1-2,5-6,16,24H,3-4,7-15H2,(H2,23,25,26). The molecule has 5 rings (SSSR count). The van der Waals surface area contributed by atoms with E-state index in [2.05, 4.69) is 49.4 Å². The van der Waals surface area contributed by atoms with Crippen molar-refractivity contribution in [1.82, 2.24) is 20.2 Å². The Hall–Kier alpha value is -2.18. The van der Waals surface area contributed by atoms with Crippen molar-refractivity contribution in [2.45, 2.75) is 25.7 Å². The highest BCUT2D eigenvalue weighted by molar-refractivity contribution is 5.75. The highest BCUT2D eigenvalue weighted by Gasteiger charge is 2.26. The molecule has 1 aliphatic carbocycles. The van der Waals surface area contributed by atoms with E-state index in [4.69, 9.17) is 5.73 Å². The highest BCUT2D eigenvalue weighted by atomic mass is 15.3. The summed E-state index contributed by atoms with van der Waals surface area (Å²) in [4.78, 5) is 14.3. The smallest absolute Gasteiger partial charge is 0.222 e. The molecule has 3 N–H and O–H groups in total. The molecular weight excluding hydrogens is 348 g/mol. The Morgan fingerprint density at radius 3 is 2.64 bits per heavy atom. The fraction of sp³-hybridized carbons (Fsp3) is 0.545. The molecule has 3 heterocycles. The molecular formula is C22H30N6. The average molecular weight is 379 g/mol. The number of hydrogen-bond acceptors (Lipinski definition) is 6. The van der Waals surface area contributed by atoms with Crippen molar-refractivity contribution in [3.8, 4) is 11.3 Å². The van der Waals surface area contributed by atoms with Gasteiger partial charge < -0.3 is 16.0 Å². The Morgan fingerprint density at radius 2 is 1.86 bits per heavy atom. The minimum Gasteiger partial charge on any atom is -0.368 e. The average Bonchev–Trinajstić information content (AvgIpc) is 2.69. The zero-order valence-electron chi connectivity index (χ0n) is 16.5. The number of anilines is 2. The van der Waals surface area contributed by atoms with Gasteiger partial charge in [0, 0.05) is 37.3 Å². The molecule has 2 aromatic rings. The van der Waals surface area contributed by atoms with Gasteiger partial charge in [-0.15, -0.1) is 0 Å². The number of aryl methyl sites for hydroxylation is 1. The number of hydrogen-bond donors (Lipinski definition) is 2. The number of benzene rings is 1. The van der Waals surface area contributed by atoms with Crippen molar-refractivity contribution in [1.29, 1.82) is 0 Å². The monoisotopic (exact) mass is 378 g/mol. The third-order valence-corrected chi connectivity index (χ3v) is 6.54. The van der Waals surface area contributed by atoms with E-state index in [-0.39, 0.29) is 0 Å². The number of nitrogens with zero attached hydrogens (tertiary/aromatic N) is 4. The maximum Gasteiger partial charge on any atom is 0.222 e. The molecule has 0 atom stereocenters. The Labute approximate surface area is 167 Å². The van der Waals surface area contributed by atoms with Gasteiger partial charge in [-0.3, -0.25) is 4.90 Å². The van der Waals surface area contributed by atoms with Gasteiger partial charge in [0.1, 0.15) is 5.82 Å². The van der Waals surface area contributed by atoms with Crippen LogP contribution in [0.15, 0.2) is 24.3 Å². The zero-order valence-corrected chi connectivity index (χ0v) is 16.5. The van der Waals surface area contributed by atoms with Gasteiger partial charge in [0.05, 0.1) is 5.69 Å². The third kappa shape index (κ3) is 3.47. The number of nitrogen functional groups attached to an aromatic ring is 1. The van der Waals surface area contributed by atoms with Gasteiger partial charge in [-0.25, -0.2) is 4.98 Å². The molecule has 2 aliphatic heterocycles. The summed E-state index contributed by atoms with van der Waals surface area (Å²) in [5.74, 6) is 2.37. The summed E-state index contributed by atoms with van der Waals surface area (Å²) >= 11 is 0. The van der Waals surface area contributed by atoms with E-state index in [0.29, 0.717) is 5.95 Å². The molecule has 1 aromatic carbocycles. The Kier molecular flexibility index (Phi) is 4.91. The van der Waals surface area contributed by atoms with Crippen LogP contribution >= 0.6 is 0 Å². The van der Waals surface area contributed by atoms with E-state index in [0.717, 1.165) is 56.5 Å². The highest BCUT2D eigenvalue weighted by Crippen LogP contribution is 2.37. The molecule has 3 aliphatic rings. The van der Waals surface area contributed by atoms with Crippen molar-refractivity contribution < 1.29 is 0 Å². The maximum absolute atomic E-state index is 6.12. The Balaban J connectivity index is 1.28. The van der Waals surface area contributed by atoms with E-state index >= 15 is 0 Å².